The monoisotopic (exact) mass is 502 g/mol. The summed E-state index contributed by atoms with van der Waals surface area (Å²) in [6.45, 7) is 6.63. The minimum Gasteiger partial charge on any atom is -0.496 e. The Morgan fingerprint density at radius 1 is 1.00 bits per heavy atom. The molecule has 3 saturated heterocycles. The van der Waals surface area contributed by atoms with Crippen LogP contribution in [-0.2, 0) is 22.4 Å². The number of epoxide rings is 1. The fraction of sp³-hybridized carbons (Fsp3) is 0.433. The summed E-state index contributed by atoms with van der Waals surface area (Å²) in [4.78, 5) is 17.0. The molecule has 0 aromatic heterocycles. The molecule has 3 aliphatic rings. The molecule has 0 aliphatic carbocycles. The Hall–Kier alpha value is -3.29. The summed E-state index contributed by atoms with van der Waals surface area (Å²) < 4.78 is 22.9. The summed E-state index contributed by atoms with van der Waals surface area (Å²) in [5.41, 5.74) is 2.91. The van der Waals surface area contributed by atoms with Crippen LogP contribution in [0.4, 0.5) is 10.5 Å². The van der Waals surface area contributed by atoms with Crippen LogP contribution in [0, 0.1) is 0 Å². The number of carbonyl (C=O) groups is 1. The van der Waals surface area contributed by atoms with Crippen molar-refractivity contribution in [2.75, 3.05) is 44.9 Å². The van der Waals surface area contributed by atoms with Gasteiger partial charge in [0, 0.05) is 55.4 Å². The number of methoxy groups -OCH3 is 1. The maximum Gasteiger partial charge on any atom is 0.415 e. The van der Waals surface area contributed by atoms with Crippen LogP contribution in [0.15, 0.2) is 54.6 Å². The third-order valence-electron chi connectivity index (χ3n) is 7.76. The van der Waals surface area contributed by atoms with E-state index in [9.17, 15) is 4.79 Å². The number of nitrogens with zero attached hydrogens (tertiary/aromatic N) is 2. The number of rotatable bonds is 8. The number of carbonyl (C=O) groups excluding carboxylic acids is 1. The van der Waals surface area contributed by atoms with Crippen LogP contribution in [0.25, 0.3) is 10.8 Å². The highest BCUT2D eigenvalue weighted by Gasteiger charge is 2.47. The van der Waals surface area contributed by atoms with Crippen molar-refractivity contribution in [3.63, 3.8) is 0 Å². The highest BCUT2D eigenvalue weighted by molar-refractivity contribution is 5.94. The molecule has 6 rings (SSSR count). The van der Waals surface area contributed by atoms with E-state index in [1.807, 2.05) is 31.2 Å². The van der Waals surface area contributed by atoms with Gasteiger partial charge in [-0.25, -0.2) is 4.79 Å². The molecule has 3 fully saturated rings. The summed E-state index contributed by atoms with van der Waals surface area (Å²) in [7, 11) is 1.70. The maximum absolute atomic E-state index is 12.8. The van der Waals surface area contributed by atoms with Crippen LogP contribution in [0.3, 0.4) is 0 Å². The van der Waals surface area contributed by atoms with E-state index in [-0.39, 0.29) is 6.09 Å². The Morgan fingerprint density at radius 3 is 2.49 bits per heavy atom. The standard InChI is InChI=1S/C30H34N2O5/c1-3-35-28-17-22(16-26-25(28)5-4-6-27(26)34-2)18-31-13-11-30(12-14-31)20-32(29(33)37-30)23-9-7-21(8-10-23)15-24-19-36-24/h4-10,16-17,24H,3,11-15,18-20H2,1-2H3. The van der Waals surface area contributed by atoms with Gasteiger partial charge in [0.05, 0.1) is 33.0 Å². The molecule has 3 aromatic carbocycles. The first-order valence-corrected chi connectivity index (χ1v) is 13.2. The minimum atomic E-state index is -0.419. The van der Waals surface area contributed by atoms with Gasteiger partial charge in [-0.05, 0) is 48.4 Å². The smallest absolute Gasteiger partial charge is 0.415 e. The molecule has 3 aromatic rings. The predicted octanol–water partition coefficient (Wildman–Crippen LogP) is 5.18. The highest BCUT2D eigenvalue weighted by atomic mass is 16.6. The molecule has 1 atom stereocenters. The van der Waals surface area contributed by atoms with Crippen molar-refractivity contribution in [3.8, 4) is 11.5 Å². The molecule has 1 amide bonds. The highest BCUT2D eigenvalue weighted by Crippen LogP contribution is 2.38. The molecule has 0 bridgehead atoms. The van der Waals surface area contributed by atoms with E-state index in [1.54, 1.807) is 12.0 Å². The first-order chi connectivity index (χ1) is 18.1. The fourth-order valence-electron chi connectivity index (χ4n) is 5.64. The molecule has 1 unspecified atom stereocenters. The number of hydrogen-bond acceptors (Lipinski definition) is 6. The summed E-state index contributed by atoms with van der Waals surface area (Å²) >= 11 is 0. The van der Waals surface area contributed by atoms with Crippen LogP contribution >= 0.6 is 0 Å². The third kappa shape index (κ3) is 4.98. The van der Waals surface area contributed by atoms with E-state index in [4.69, 9.17) is 18.9 Å². The Kier molecular flexibility index (Phi) is 6.42. The average molecular weight is 503 g/mol. The third-order valence-corrected chi connectivity index (χ3v) is 7.76. The second-order valence-corrected chi connectivity index (χ2v) is 10.3. The second-order valence-electron chi connectivity index (χ2n) is 10.3. The van der Waals surface area contributed by atoms with Gasteiger partial charge in [0.2, 0.25) is 0 Å². The molecule has 3 aliphatic heterocycles. The molecule has 194 valence electrons. The Labute approximate surface area is 217 Å². The van der Waals surface area contributed by atoms with Gasteiger partial charge >= 0.3 is 6.09 Å². The number of ether oxygens (including phenoxy) is 4. The van der Waals surface area contributed by atoms with Crippen molar-refractivity contribution in [1.82, 2.24) is 4.90 Å². The van der Waals surface area contributed by atoms with E-state index in [1.165, 1.54) is 11.1 Å². The van der Waals surface area contributed by atoms with Crippen LogP contribution in [-0.4, -0.2) is 62.7 Å². The first kappa shape index (κ1) is 24.1. The van der Waals surface area contributed by atoms with Crippen molar-refractivity contribution < 1.29 is 23.7 Å². The Bertz CT molecular complexity index is 1280. The molecule has 37 heavy (non-hydrogen) atoms. The number of piperidine rings is 1. The van der Waals surface area contributed by atoms with E-state index in [0.29, 0.717) is 19.3 Å². The number of likely N-dealkylation sites (tertiary alicyclic amines) is 1. The van der Waals surface area contributed by atoms with Crippen molar-refractivity contribution in [2.24, 2.45) is 0 Å². The lowest BCUT2D eigenvalue weighted by molar-refractivity contribution is -0.000980. The molecule has 0 radical (unpaired) electrons. The molecule has 7 nitrogen and oxygen atoms in total. The predicted molar refractivity (Wildman–Crippen MR) is 143 cm³/mol. The topological polar surface area (TPSA) is 63.8 Å². The SMILES string of the molecule is CCOc1cc(CN2CCC3(CC2)CN(c2ccc(CC4CO4)cc2)C(=O)O3)cc2c(OC)cccc12. The van der Waals surface area contributed by atoms with Gasteiger partial charge in [-0.3, -0.25) is 9.80 Å². The van der Waals surface area contributed by atoms with Crippen LogP contribution in [0.1, 0.15) is 30.9 Å². The van der Waals surface area contributed by atoms with Crippen LogP contribution in [0.2, 0.25) is 0 Å². The van der Waals surface area contributed by atoms with Gasteiger partial charge in [0.15, 0.2) is 0 Å². The summed E-state index contributed by atoms with van der Waals surface area (Å²) in [6.07, 6.45) is 2.69. The molecule has 7 heteroatoms. The molecule has 1 spiro atoms. The van der Waals surface area contributed by atoms with Gasteiger partial charge in [-0.2, -0.15) is 0 Å². The Balaban J connectivity index is 1.12. The van der Waals surface area contributed by atoms with Crippen LogP contribution in [0.5, 0.6) is 11.5 Å². The number of anilines is 1. The van der Waals surface area contributed by atoms with E-state index < -0.39 is 5.60 Å². The largest absolute Gasteiger partial charge is 0.496 e. The summed E-state index contributed by atoms with van der Waals surface area (Å²) in [5, 5.41) is 2.13. The molecule has 0 saturated carbocycles. The lowest BCUT2D eigenvalue weighted by Gasteiger charge is -2.37. The zero-order valence-electron chi connectivity index (χ0n) is 21.6. The molecule has 3 heterocycles. The molecular formula is C30H34N2O5. The normalized spacial score (nSPS) is 20.9. The minimum absolute atomic E-state index is 0.241. The van der Waals surface area contributed by atoms with Crippen LogP contribution < -0.4 is 14.4 Å². The number of hydrogen-bond donors (Lipinski definition) is 0. The van der Waals surface area contributed by atoms with Crippen molar-refractivity contribution in [1.29, 1.82) is 0 Å². The van der Waals surface area contributed by atoms with Gasteiger partial charge in [0.1, 0.15) is 17.1 Å². The maximum atomic E-state index is 12.8. The van der Waals surface area contributed by atoms with E-state index in [2.05, 4.69) is 35.2 Å². The lowest BCUT2D eigenvalue weighted by Crippen LogP contribution is -2.46. The fourth-order valence-corrected chi connectivity index (χ4v) is 5.64. The lowest BCUT2D eigenvalue weighted by atomic mass is 9.91. The average Bonchev–Trinajstić information content (AvgIpc) is 3.67. The van der Waals surface area contributed by atoms with E-state index in [0.717, 1.165) is 73.5 Å². The van der Waals surface area contributed by atoms with Gasteiger partial charge < -0.3 is 18.9 Å². The number of benzene rings is 3. The van der Waals surface area contributed by atoms with Gasteiger partial charge in [-0.1, -0.05) is 24.3 Å². The zero-order chi connectivity index (χ0) is 25.4. The van der Waals surface area contributed by atoms with Crippen molar-refractivity contribution >= 4 is 22.6 Å². The quantitative estimate of drug-likeness (QED) is 0.396. The van der Waals surface area contributed by atoms with E-state index >= 15 is 0 Å². The van der Waals surface area contributed by atoms with Crippen molar-refractivity contribution in [2.45, 2.75) is 44.4 Å². The zero-order valence-corrected chi connectivity index (χ0v) is 21.6. The van der Waals surface area contributed by atoms with Crippen molar-refractivity contribution in [3.05, 3.63) is 65.7 Å². The van der Waals surface area contributed by atoms with Gasteiger partial charge in [0.25, 0.3) is 0 Å². The first-order valence-electron chi connectivity index (χ1n) is 13.2. The summed E-state index contributed by atoms with van der Waals surface area (Å²) in [6, 6.07) is 18.6. The second kappa shape index (κ2) is 9.88. The molecular weight excluding hydrogens is 468 g/mol. The summed E-state index contributed by atoms with van der Waals surface area (Å²) in [5.74, 6) is 1.74. The molecule has 0 N–H and O–H groups in total. The Morgan fingerprint density at radius 2 is 1.78 bits per heavy atom. The number of amides is 1. The van der Waals surface area contributed by atoms with Gasteiger partial charge in [-0.15, -0.1) is 0 Å². The number of fused-ring (bicyclic) bond motifs is 1.